The van der Waals surface area contributed by atoms with Gasteiger partial charge in [0.1, 0.15) is 5.75 Å². The van der Waals surface area contributed by atoms with Gasteiger partial charge in [-0.1, -0.05) is 18.2 Å². The maximum Gasteiger partial charge on any atom is 0.239 e. The summed E-state index contributed by atoms with van der Waals surface area (Å²) in [7, 11) is 1.59. The van der Waals surface area contributed by atoms with Gasteiger partial charge in [-0.2, -0.15) is 0 Å². The first-order valence-electron chi connectivity index (χ1n) is 12.7. The maximum atomic E-state index is 12.9. The van der Waals surface area contributed by atoms with Crippen molar-refractivity contribution in [2.24, 2.45) is 0 Å². The number of methoxy groups -OCH3 is 1. The highest BCUT2D eigenvalue weighted by molar-refractivity contribution is 5.85. The zero-order valence-electron chi connectivity index (χ0n) is 21.7. The van der Waals surface area contributed by atoms with Crippen LogP contribution in [0.15, 0.2) is 42.5 Å². The number of hydrogen-bond acceptors (Lipinski definition) is 6. The molecule has 1 N–H and O–H groups in total. The van der Waals surface area contributed by atoms with E-state index >= 15 is 0 Å². The van der Waals surface area contributed by atoms with Crippen molar-refractivity contribution in [2.75, 3.05) is 33.3 Å². The minimum Gasteiger partial charge on any atom is -0.493 e. The van der Waals surface area contributed by atoms with Crippen molar-refractivity contribution >= 4 is 17.7 Å². The lowest BCUT2D eigenvalue weighted by molar-refractivity contribution is -0.138. The number of amides is 3. The van der Waals surface area contributed by atoms with E-state index in [4.69, 9.17) is 14.2 Å². The molecule has 9 nitrogen and oxygen atoms in total. The third kappa shape index (κ3) is 6.80. The normalized spacial score (nSPS) is 21.2. The Kier molecular flexibility index (Phi) is 8.66. The van der Waals surface area contributed by atoms with Crippen LogP contribution in [0.3, 0.4) is 0 Å². The van der Waals surface area contributed by atoms with Gasteiger partial charge in [-0.05, 0) is 55.2 Å². The molecule has 2 atom stereocenters. The molecule has 0 aliphatic carbocycles. The number of benzene rings is 2. The molecule has 0 saturated carbocycles. The van der Waals surface area contributed by atoms with Gasteiger partial charge in [-0.25, -0.2) is 0 Å². The minimum atomic E-state index is -0.382. The van der Waals surface area contributed by atoms with Crippen molar-refractivity contribution in [2.45, 2.75) is 51.9 Å². The summed E-state index contributed by atoms with van der Waals surface area (Å²) in [4.78, 5) is 41.2. The molecule has 9 heteroatoms. The Bertz CT molecular complexity index is 1140. The predicted octanol–water partition coefficient (Wildman–Crippen LogP) is 2.90. The summed E-state index contributed by atoms with van der Waals surface area (Å²) in [6.45, 7) is 5.03. The first-order chi connectivity index (χ1) is 17.9. The highest BCUT2D eigenvalue weighted by atomic mass is 16.5. The molecule has 4 bridgehead atoms. The van der Waals surface area contributed by atoms with Crippen LogP contribution in [0.4, 0.5) is 0 Å². The molecule has 1 saturated heterocycles. The van der Waals surface area contributed by atoms with E-state index in [-0.39, 0.29) is 49.4 Å². The van der Waals surface area contributed by atoms with Crippen molar-refractivity contribution < 1.29 is 28.6 Å². The standard InChI is InChI=1S/C28H35N3O6/c1-4-30-17-27(33)29-23-12-13-31(19(2)32)16-26(23)36-18-21-6-5-7-22(14-21)37-25-15-20(9-11-28(30)34)8-10-24(25)35-3/h5-8,10,14-15,23,26H,4,9,11-13,16-18H2,1-3H3,(H,29,33)/t23-,26-/m0/s1. The lowest BCUT2D eigenvalue weighted by Crippen LogP contribution is -2.57. The lowest BCUT2D eigenvalue weighted by atomic mass is 10.0. The van der Waals surface area contributed by atoms with E-state index in [1.807, 2.05) is 49.4 Å². The smallest absolute Gasteiger partial charge is 0.239 e. The average Bonchev–Trinajstić information content (AvgIpc) is 2.89. The Labute approximate surface area is 217 Å². The molecule has 2 aromatic rings. The van der Waals surface area contributed by atoms with E-state index in [0.29, 0.717) is 49.7 Å². The molecular weight excluding hydrogens is 474 g/mol. The summed E-state index contributed by atoms with van der Waals surface area (Å²) >= 11 is 0. The minimum absolute atomic E-state index is 0.0198. The Balaban J connectivity index is 1.63. The van der Waals surface area contributed by atoms with E-state index in [2.05, 4.69) is 5.32 Å². The SMILES string of the molecule is CCN1CC(=O)N[C@H]2CCN(C(C)=O)C[C@@H]2OCc2cccc(c2)Oc2cc(ccc2OC)CCC1=O. The third-order valence-electron chi connectivity index (χ3n) is 6.87. The predicted molar refractivity (Wildman–Crippen MR) is 137 cm³/mol. The summed E-state index contributed by atoms with van der Waals surface area (Å²) in [5.41, 5.74) is 1.84. The second-order valence-corrected chi connectivity index (χ2v) is 9.42. The molecule has 1 fully saturated rings. The molecule has 0 aromatic heterocycles. The van der Waals surface area contributed by atoms with Crippen molar-refractivity contribution in [1.29, 1.82) is 0 Å². The second kappa shape index (κ2) is 12.1. The monoisotopic (exact) mass is 509 g/mol. The third-order valence-corrected chi connectivity index (χ3v) is 6.87. The topological polar surface area (TPSA) is 97.4 Å². The van der Waals surface area contributed by atoms with Gasteiger partial charge in [0.2, 0.25) is 17.7 Å². The number of carbonyl (C=O) groups is 3. The number of carbonyl (C=O) groups excluding carboxylic acids is 3. The summed E-state index contributed by atoms with van der Waals surface area (Å²) in [5, 5.41) is 3.06. The molecule has 198 valence electrons. The number of nitrogens with one attached hydrogen (secondary N) is 1. The summed E-state index contributed by atoms with van der Waals surface area (Å²) in [6, 6.07) is 13.0. The molecule has 2 aromatic carbocycles. The van der Waals surface area contributed by atoms with E-state index in [1.54, 1.807) is 16.9 Å². The molecular formula is C28H35N3O6. The fourth-order valence-electron chi connectivity index (χ4n) is 4.73. The van der Waals surface area contributed by atoms with Crippen LogP contribution in [0.2, 0.25) is 0 Å². The van der Waals surface area contributed by atoms with Crippen molar-refractivity contribution in [1.82, 2.24) is 15.1 Å². The highest BCUT2D eigenvalue weighted by Crippen LogP contribution is 2.33. The van der Waals surface area contributed by atoms with Gasteiger partial charge in [0, 0.05) is 33.0 Å². The largest absolute Gasteiger partial charge is 0.493 e. The zero-order valence-corrected chi connectivity index (χ0v) is 21.7. The van der Waals surface area contributed by atoms with Crippen molar-refractivity contribution in [3.63, 3.8) is 0 Å². The molecule has 3 amide bonds. The van der Waals surface area contributed by atoms with Crippen molar-refractivity contribution in [3.8, 4) is 17.2 Å². The number of hydrogen-bond donors (Lipinski definition) is 1. The van der Waals surface area contributed by atoms with Gasteiger partial charge in [0.05, 0.1) is 32.4 Å². The molecule has 0 radical (unpaired) electrons. The number of aryl methyl sites for hydroxylation is 1. The van der Waals surface area contributed by atoms with Crippen LogP contribution in [0.1, 0.15) is 37.8 Å². The van der Waals surface area contributed by atoms with Crippen LogP contribution in [0.5, 0.6) is 17.2 Å². The molecule has 4 rings (SSSR count). The van der Waals surface area contributed by atoms with Gasteiger partial charge in [-0.15, -0.1) is 0 Å². The number of likely N-dealkylation sites (tertiary alicyclic amines) is 1. The molecule has 2 aliphatic rings. The Morgan fingerprint density at radius 2 is 1.97 bits per heavy atom. The molecule has 0 spiro atoms. The second-order valence-electron chi connectivity index (χ2n) is 9.42. The number of likely N-dealkylation sites (N-methyl/N-ethyl adjacent to an activating group) is 1. The number of rotatable bonds is 2. The van der Waals surface area contributed by atoms with Crippen LogP contribution in [0, 0.1) is 0 Å². The van der Waals surface area contributed by atoms with Crippen LogP contribution in [-0.2, 0) is 32.1 Å². The van der Waals surface area contributed by atoms with Gasteiger partial charge < -0.3 is 29.3 Å². The summed E-state index contributed by atoms with van der Waals surface area (Å²) < 4.78 is 17.9. The Morgan fingerprint density at radius 3 is 2.73 bits per heavy atom. The Hall–Kier alpha value is -3.59. The maximum absolute atomic E-state index is 12.9. The van der Waals surface area contributed by atoms with Gasteiger partial charge >= 0.3 is 0 Å². The van der Waals surface area contributed by atoms with E-state index in [9.17, 15) is 14.4 Å². The van der Waals surface area contributed by atoms with E-state index < -0.39 is 0 Å². The van der Waals surface area contributed by atoms with Gasteiger partial charge in [0.25, 0.3) is 0 Å². The van der Waals surface area contributed by atoms with Crippen LogP contribution >= 0.6 is 0 Å². The van der Waals surface area contributed by atoms with Crippen LogP contribution in [-0.4, -0.2) is 73.0 Å². The fourth-order valence-corrected chi connectivity index (χ4v) is 4.73. The van der Waals surface area contributed by atoms with Gasteiger partial charge in [0.15, 0.2) is 11.5 Å². The highest BCUT2D eigenvalue weighted by Gasteiger charge is 2.32. The number of piperidine rings is 1. The molecule has 2 heterocycles. The number of nitrogens with zero attached hydrogens (tertiary/aromatic N) is 2. The fraction of sp³-hybridized carbons (Fsp3) is 0.464. The molecule has 0 unspecified atom stereocenters. The molecule has 2 aliphatic heterocycles. The molecule has 37 heavy (non-hydrogen) atoms. The first-order valence-corrected chi connectivity index (χ1v) is 12.7. The lowest BCUT2D eigenvalue weighted by Gasteiger charge is -2.38. The first kappa shape index (κ1) is 26.5. The number of fused-ring (bicyclic) bond motifs is 5. The van der Waals surface area contributed by atoms with E-state index in [0.717, 1.165) is 11.1 Å². The zero-order chi connectivity index (χ0) is 26.4. The van der Waals surface area contributed by atoms with E-state index in [1.165, 1.54) is 6.92 Å². The van der Waals surface area contributed by atoms with Gasteiger partial charge in [-0.3, -0.25) is 14.4 Å². The van der Waals surface area contributed by atoms with Crippen LogP contribution < -0.4 is 14.8 Å². The van der Waals surface area contributed by atoms with Crippen molar-refractivity contribution in [3.05, 3.63) is 53.6 Å². The number of ether oxygens (including phenoxy) is 3. The summed E-state index contributed by atoms with van der Waals surface area (Å²) in [5.74, 6) is 1.43. The quantitative estimate of drug-likeness (QED) is 0.669. The Morgan fingerprint density at radius 1 is 1.14 bits per heavy atom. The average molecular weight is 510 g/mol. The summed E-state index contributed by atoms with van der Waals surface area (Å²) in [6.07, 6.45) is 0.975. The van der Waals surface area contributed by atoms with Crippen LogP contribution in [0.25, 0.3) is 0 Å².